The minimum atomic E-state index is -0.420. The van der Waals surface area contributed by atoms with Crippen molar-refractivity contribution in [3.8, 4) is 0 Å². The van der Waals surface area contributed by atoms with E-state index in [1.54, 1.807) is 24.1 Å². The maximum absolute atomic E-state index is 12.6. The third-order valence-corrected chi connectivity index (χ3v) is 4.70. The summed E-state index contributed by atoms with van der Waals surface area (Å²) >= 11 is 1.20. The van der Waals surface area contributed by atoms with E-state index in [9.17, 15) is 4.79 Å². The molecule has 0 bridgehead atoms. The van der Waals surface area contributed by atoms with E-state index in [2.05, 4.69) is 30.6 Å². The number of carbonyl (C=O) groups excluding carboxylic acids is 1. The van der Waals surface area contributed by atoms with Crippen LogP contribution >= 0.6 is 11.8 Å². The molecule has 1 aromatic carbocycles. The number of hydrogen-bond donors (Lipinski definition) is 1. The van der Waals surface area contributed by atoms with Crippen molar-refractivity contribution in [2.75, 3.05) is 5.32 Å². The first-order valence-corrected chi connectivity index (χ1v) is 9.03. The van der Waals surface area contributed by atoms with Gasteiger partial charge in [0.05, 0.1) is 16.5 Å². The first-order chi connectivity index (χ1) is 13.2. The van der Waals surface area contributed by atoms with Gasteiger partial charge in [-0.2, -0.15) is 5.10 Å². The summed E-state index contributed by atoms with van der Waals surface area (Å²) in [6.45, 7) is 2.11. The van der Waals surface area contributed by atoms with E-state index >= 15 is 0 Å². The monoisotopic (exact) mass is 381 g/mol. The minimum absolute atomic E-state index is 0.160. The van der Waals surface area contributed by atoms with Gasteiger partial charge in [-0.1, -0.05) is 17.8 Å². The normalized spacial score (nSPS) is 12.2. The lowest BCUT2D eigenvalue weighted by atomic mass is 10.2. The molecule has 10 heteroatoms. The number of hydrogen-bond acceptors (Lipinski definition) is 8. The van der Waals surface area contributed by atoms with Crippen LogP contribution in [-0.2, 0) is 11.3 Å². The highest BCUT2D eigenvalue weighted by atomic mass is 32.2. The number of fused-ring (bicyclic) bond motifs is 1. The van der Waals surface area contributed by atoms with Crippen LogP contribution in [0.5, 0.6) is 0 Å². The molecule has 0 saturated carbocycles. The van der Waals surface area contributed by atoms with E-state index in [-0.39, 0.29) is 5.91 Å². The van der Waals surface area contributed by atoms with Gasteiger partial charge in [-0.25, -0.2) is 9.67 Å². The smallest absolute Gasteiger partial charge is 0.277 e. The molecular weight excluding hydrogens is 366 g/mol. The quantitative estimate of drug-likeness (QED) is 0.507. The van der Waals surface area contributed by atoms with Gasteiger partial charge in [0.25, 0.3) is 5.22 Å². The zero-order chi connectivity index (χ0) is 18.6. The highest BCUT2D eigenvalue weighted by Gasteiger charge is 2.19. The maximum atomic E-state index is 12.6. The highest BCUT2D eigenvalue weighted by molar-refractivity contribution is 8.00. The van der Waals surface area contributed by atoms with Crippen molar-refractivity contribution in [1.82, 2.24) is 29.9 Å². The van der Waals surface area contributed by atoms with Crippen molar-refractivity contribution in [3.05, 3.63) is 55.1 Å². The molecule has 0 aliphatic carbocycles. The largest absolute Gasteiger partial charge is 0.414 e. The molecule has 0 spiro atoms. The molecule has 4 aromatic rings. The zero-order valence-corrected chi connectivity index (χ0v) is 15.1. The standard InChI is InChI=1S/C17H15N7O2S/c1-11(27-17-23-22-15(26-17)8-24-10-18-9-20-24)16(25)21-14-6-2-5-13-12(14)4-3-7-19-13/h2-7,9-11H,8H2,1H3,(H,21,25). The van der Waals surface area contributed by atoms with Crippen molar-refractivity contribution in [2.45, 2.75) is 23.9 Å². The molecule has 1 atom stereocenters. The number of rotatable bonds is 6. The van der Waals surface area contributed by atoms with Crippen LogP contribution in [0.4, 0.5) is 5.69 Å². The second-order valence-corrected chi connectivity index (χ2v) is 6.97. The lowest BCUT2D eigenvalue weighted by Gasteiger charge is -2.11. The number of benzene rings is 1. The Balaban J connectivity index is 1.41. The Morgan fingerprint density at radius 3 is 3.07 bits per heavy atom. The van der Waals surface area contributed by atoms with Crippen molar-refractivity contribution < 1.29 is 9.21 Å². The molecule has 136 valence electrons. The van der Waals surface area contributed by atoms with Crippen LogP contribution in [0.15, 0.2) is 58.8 Å². The fourth-order valence-corrected chi connectivity index (χ4v) is 3.15. The summed E-state index contributed by atoms with van der Waals surface area (Å²) in [5, 5.41) is 15.6. The fourth-order valence-electron chi connectivity index (χ4n) is 2.45. The number of nitrogens with one attached hydrogen (secondary N) is 1. The Morgan fingerprint density at radius 1 is 1.30 bits per heavy atom. The van der Waals surface area contributed by atoms with Crippen LogP contribution in [0.2, 0.25) is 0 Å². The van der Waals surface area contributed by atoms with Gasteiger partial charge in [0.15, 0.2) is 0 Å². The third kappa shape index (κ3) is 3.95. The predicted molar refractivity (Wildman–Crippen MR) is 99.1 cm³/mol. The topological polar surface area (TPSA) is 112 Å². The van der Waals surface area contributed by atoms with Gasteiger partial charge in [0, 0.05) is 11.6 Å². The summed E-state index contributed by atoms with van der Waals surface area (Å²) in [5.41, 5.74) is 1.54. The van der Waals surface area contributed by atoms with E-state index in [0.29, 0.717) is 17.7 Å². The Morgan fingerprint density at radius 2 is 2.22 bits per heavy atom. The predicted octanol–water partition coefficient (Wildman–Crippen LogP) is 2.38. The van der Waals surface area contributed by atoms with Gasteiger partial charge in [-0.3, -0.25) is 9.78 Å². The Labute approximate surface area is 158 Å². The first-order valence-electron chi connectivity index (χ1n) is 8.15. The van der Waals surface area contributed by atoms with Gasteiger partial charge in [0.2, 0.25) is 11.8 Å². The number of nitrogens with zero attached hydrogens (tertiary/aromatic N) is 6. The molecule has 0 aliphatic rings. The van der Waals surface area contributed by atoms with Gasteiger partial charge in [-0.05, 0) is 31.2 Å². The second kappa shape index (κ2) is 7.54. The fraction of sp³-hybridized carbons (Fsp3) is 0.176. The lowest BCUT2D eigenvalue weighted by molar-refractivity contribution is -0.115. The molecule has 3 aromatic heterocycles. The lowest BCUT2D eigenvalue weighted by Crippen LogP contribution is -2.22. The summed E-state index contributed by atoms with van der Waals surface area (Å²) in [4.78, 5) is 20.7. The Bertz CT molecular complexity index is 1060. The molecule has 3 heterocycles. The number of anilines is 1. The van der Waals surface area contributed by atoms with Crippen molar-refractivity contribution in [1.29, 1.82) is 0 Å². The minimum Gasteiger partial charge on any atom is -0.414 e. The van der Waals surface area contributed by atoms with Crippen LogP contribution in [0.3, 0.4) is 0 Å². The first kappa shape index (κ1) is 17.2. The zero-order valence-electron chi connectivity index (χ0n) is 14.3. The van der Waals surface area contributed by atoms with E-state index in [1.165, 1.54) is 18.1 Å². The van der Waals surface area contributed by atoms with Crippen LogP contribution in [0.25, 0.3) is 10.9 Å². The molecule has 27 heavy (non-hydrogen) atoms. The van der Waals surface area contributed by atoms with Crippen molar-refractivity contribution >= 4 is 34.3 Å². The summed E-state index contributed by atoms with van der Waals surface area (Å²) in [5.74, 6) is 0.239. The number of thioether (sulfide) groups is 1. The average molecular weight is 381 g/mol. The summed E-state index contributed by atoms with van der Waals surface area (Å²) in [6.07, 6.45) is 4.71. The van der Waals surface area contributed by atoms with Crippen molar-refractivity contribution in [2.24, 2.45) is 0 Å². The van der Waals surface area contributed by atoms with Gasteiger partial charge in [0.1, 0.15) is 19.2 Å². The molecule has 0 radical (unpaired) electrons. The SMILES string of the molecule is CC(Sc1nnc(Cn2cncn2)o1)C(=O)Nc1cccc2ncccc12. The number of pyridine rings is 1. The Kier molecular flexibility index (Phi) is 4.79. The van der Waals surface area contributed by atoms with Gasteiger partial charge in [-0.15, -0.1) is 10.2 Å². The van der Waals surface area contributed by atoms with Crippen LogP contribution in [0.1, 0.15) is 12.8 Å². The molecule has 1 amide bonds. The molecule has 0 fully saturated rings. The number of amides is 1. The van der Waals surface area contributed by atoms with Gasteiger partial charge < -0.3 is 9.73 Å². The molecule has 0 aliphatic heterocycles. The molecule has 0 saturated heterocycles. The van der Waals surface area contributed by atoms with Crippen LogP contribution in [-0.4, -0.2) is 41.1 Å². The second-order valence-electron chi connectivity index (χ2n) is 5.68. The summed E-state index contributed by atoms with van der Waals surface area (Å²) in [6, 6.07) is 9.37. The molecule has 4 rings (SSSR count). The van der Waals surface area contributed by atoms with Crippen LogP contribution < -0.4 is 5.32 Å². The van der Waals surface area contributed by atoms with E-state index in [4.69, 9.17) is 4.42 Å². The molecular formula is C17H15N7O2S. The number of aromatic nitrogens is 6. The van der Waals surface area contributed by atoms with E-state index < -0.39 is 5.25 Å². The summed E-state index contributed by atoms with van der Waals surface area (Å²) in [7, 11) is 0. The highest BCUT2D eigenvalue weighted by Crippen LogP contribution is 2.25. The molecule has 1 unspecified atom stereocenters. The average Bonchev–Trinajstić information content (AvgIpc) is 3.34. The van der Waals surface area contributed by atoms with Crippen molar-refractivity contribution in [3.63, 3.8) is 0 Å². The molecule has 9 nitrogen and oxygen atoms in total. The third-order valence-electron chi connectivity index (χ3n) is 3.76. The van der Waals surface area contributed by atoms with E-state index in [1.807, 2.05) is 30.3 Å². The summed E-state index contributed by atoms with van der Waals surface area (Å²) < 4.78 is 7.14. The number of carbonyl (C=O) groups is 1. The Hall–Kier alpha value is -3.27. The van der Waals surface area contributed by atoms with Gasteiger partial charge >= 0.3 is 0 Å². The van der Waals surface area contributed by atoms with Crippen LogP contribution in [0, 0.1) is 0 Å². The van der Waals surface area contributed by atoms with E-state index in [0.717, 1.165) is 16.6 Å². The maximum Gasteiger partial charge on any atom is 0.277 e. The molecule has 1 N–H and O–H groups in total.